The molecule has 2 heterocycles. The lowest BCUT2D eigenvalue weighted by Crippen LogP contribution is -2.08. The van der Waals surface area contributed by atoms with Crippen LogP contribution in [0.2, 0.25) is 0 Å². The Hall–Kier alpha value is -1.75. The van der Waals surface area contributed by atoms with Crippen LogP contribution in [0.25, 0.3) is 11.5 Å². The van der Waals surface area contributed by atoms with Crippen molar-refractivity contribution in [2.75, 3.05) is 0 Å². The molecule has 5 nitrogen and oxygen atoms in total. The average Bonchev–Trinajstić information content (AvgIpc) is 2.78. The average molecular weight is 218 g/mol. The van der Waals surface area contributed by atoms with Crippen LogP contribution in [0.4, 0.5) is 0 Å². The van der Waals surface area contributed by atoms with Gasteiger partial charge in [-0.15, -0.1) is 10.2 Å². The quantitative estimate of drug-likeness (QED) is 0.850. The van der Waals surface area contributed by atoms with E-state index in [1.807, 2.05) is 26.0 Å². The van der Waals surface area contributed by atoms with Gasteiger partial charge in [-0.05, 0) is 25.5 Å². The lowest BCUT2D eigenvalue weighted by Gasteiger charge is -2.00. The summed E-state index contributed by atoms with van der Waals surface area (Å²) in [7, 11) is 0. The molecule has 0 bridgehead atoms. The van der Waals surface area contributed by atoms with Gasteiger partial charge in [-0.3, -0.25) is 4.98 Å². The molecule has 0 amide bonds. The van der Waals surface area contributed by atoms with Gasteiger partial charge in [0.2, 0.25) is 11.8 Å². The van der Waals surface area contributed by atoms with E-state index >= 15 is 0 Å². The highest BCUT2D eigenvalue weighted by Crippen LogP contribution is 2.20. The van der Waals surface area contributed by atoms with Crippen molar-refractivity contribution in [3.8, 4) is 11.5 Å². The summed E-state index contributed by atoms with van der Waals surface area (Å²) in [6.45, 7) is 3.90. The van der Waals surface area contributed by atoms with Gasteiger partial charge >= 0.3 is 0 Å². The van der Waals surface area contributed by atoms with Crippen LogP contribution in [0.5, 0.6) is 0 Å². The fourth-order valence-corrected chi connectivity index (χ4v) is 1.27. The molecule has 84 valence electrons. The lowest BCUT2D eigenvalue weighted by molar-refractivity contribution is 0.452. The van der Waals surface area contributed by atoms with Crippen LogP contribution in [-0.4, -0.2) is 15.2 Å². The molecule has 0 aromatic carbocycles. The maximum Gasteiger partial charge on any atom is 0.249 e. The summed E-state index contributed by atoms with van der Waals surface area (Å²) < 4.78 is 5.48. The smallest absolute Gasteiger partial charge is 0.249 e. The van der Waals surface area contributed by atoms with Crippen LogP contribution in [0.15, 0.2) is 22.7 Å². The Balaban J connectivity index is 2.28. The van der Waals surface area contributed by atoms with Crippen molar-refractivity contribution >= 4 is 0 Å². The van der Waals surface area contributed by atoms with Crippen LogP contribution in [0, 0.1) is 6.92 Å². The number of nitrogens with two attached hydrogens (primary N) is 1. The largest absolute Gasteiger partial charge is 0.419 e. The van der Waals surface area contributed by atoms with Gasteiger partial charge in [0.25, 0.3) is 0 Å². The van der Waals surface area contributed by atoms with E-state index in [9.17, 15) is 0 Å². The van der Waals surface area contributed by atoms with Gasteiger partial charge in [0.1, 0.15) is 0 Å². The molecule has 5 heteroatoms. The molecule has 0 spiro atoms. The third-order valence-corrected chi connectivity index (χ3v) is 2.36. The molecule has 2 N–H and O–H groups in total. The highest BCUT2D eigenvalue weighted by molar-refractivity contribution is 5.50. The molecule has 0 radical (unpaired) electrons. The van der Waals surface area contributed by atoms with Crippen LogP contribution in [0.3, 0.4) is 0 Å². The minimum Gasteiger partial charge on any atom is -0.419 e. The van der Waals surface area contributed by atoms with Crippen LogP contribution in [0.1, 0.15) is 31.0 Å². The summed E-state index contributed by atoms with van der Waals surface area (Å²) in [5.74, 6) is 0.935. The predicted octanol–water partition coefficient (Wildman–Crippen LogP) is 1.85. The number of pyridine rings is 1. The highest BCUT2D eigenvalue weighted by atomic mass is 16.4. The molecule has 0 saturated carbocycles. The molecule has 0 aliphatic rings. The second-order valence-electron chi connectivity index (χ2n) is 3.65. The SMILES string of the molecule is CCC(N)c1nnc(-c2ccc(C)nc2)o1. The Kier molecular flexibility index (Phi) is 2.96. The molecular weight excluding hydrogens is 204 g/mol. The number of aromatic nitrogens is 3. The van der Waals surface area contributed by atoms with Gasteiger partial charge in [-0.2, -0.15) is 0 Å². The Morgan fingerprint density at radius 1 is 1.38 bits per heavy atom. The Morgan fingerprint density at radius 2 is 2.19 bits per heavy atom. The normalized spacial score (nSPS) is 12.7. The van der Waals surface area contributed by atoms with Crippen molar-refractivity contribution in [2.24, 2.45) is 5.73 Å². The molecule has 2 aromatic heterocycles. The van der Waals surface area contributed by atoms with Gasteiger partial charge < -0.3 is 10.2 Å². The molecule has 0 aliphatic heterocycles. The van der Waals surface area contributed by atoms with Gasteiger partial charge in [-0.25, -0.2) is 0 Å². The van der Waals surface area contributed by atoms with Crippen LogP contribution < -0.4 is 5.73 Å². The summed E-state index contributed by atoms with van der Waals surface area (Å²) in [5.41, 5.74) is 7.56. The van der Waals surface area contributed by atoms with E-state index in [1.54, 1.807) is 6.20 Å². The van der Waals surface area contributed by atoms with Gasteiger partial charge in [0, 0.05) is 11.9 Å². The van der Waals surface area contributed by atoms with E-state index in [0.717, 1.165) is 17.7 Å². The molecule has 2 aromatic rings. The van der Waals surface area contributed by atoms with Gasteiger partial charge in [0.05, 0.1) is 11.6 Å². The van der Waals surface area contributed by atoms with Crippen molar-refractivity contribution in [1.29, 1.82) is 0 Å². The van der Waals surface area contributed by atoms with E-state index in [4.69, 9.17) is 10.2 Å². The summed E-state index contributed by atoms with van der Waals surface area (Å²) in [5, 5.41) is 7.86. The topological polar surface area (TPSA) is 77.8 Å². The molecule has 16 heavy (non-hydrogen) atoms. The summed E-state index contributed by atoms with van der Waals surface area (Å²) >= 11 is 0. The maximum atomic E-state index is 5.80. The van der Waals surface area contributed by atoms with Crippen molar-refractivity contribution in [1.82, 2.24) is 15.2 Å². The first-order chi connectivity index (χ1) is 7.70. The second-order valence-corrected chi connectivity index (χ2v) is 3.65. The Morgan fingerprint density at radius 3 is 2.81 bits per heavy atom. The molecule has 1 unspecified atom stereocenters. The van der Waals surface area contributed by atoms with Crippen LogP contribution >= 0.6 is 0 Å². The van der Waals surface area contributed by atoms with Crippen molar-refractivity contribution in [3.63, 3.8) is 0 Å². The number of hydrogen-bond acceptors (Lipinski definition) is 5. The van der Waals surface area contributed by atoms with E-state index in [-0.39, 0.29) is 6.04 Å². The monoisotopic (exact) mass is 218 g/mol. The van der Waals surface area contributed by atoms with E-state index < -0.39 is 0 Å². The van der Waals surface area contributed by atoms with Crippen LogP contribution in [-0.2, 0) is 0 Å². The predicted molar refractivity (Wildman–Crippen MR) is 59.5 cm³/mol. The lowest BCUT2D eigenvalue weighted by atomic mass is 10.2. The van der Waals surface area contributed by atoms with Gasteiger partial charge in [-0.1, -0.05) is 6.92 Å². The molecule has 0 aliphatic carbocycles. The van der Waals surface area contributed by atoms with E-state index in [1.165, 1.54) is 0 Å². The zero-order chi connectivity index (χ0) is 11.5. The number of aryl methyl sites for hydroxylation is 1. The minimum absolute atomic E-state index is 0.195. The fourth-order valence-electron chi connectivity index (χ4n) is 1.27. The highest BCUT2D eigenvalue weighted by Gasteiger charge is 2.13. The van der Waals surface area contributed by atoms with Gasteiger partial charge in [0.15, 0.2) is 0 Å². The first-order valence-corrected chi connectivity index (χ1v) is 5.22. The number of nitrogens with zero attached hydrogens (tertiary/aromatic N) is 3. The van der Waals surface area contributed by atoms with Crippen molar-refractivity contribution < 1.29 is 4.42 Å². The van der Waals surface area contributed by atoms with E-state index in [2.05, 4.69) is 15.2 Å². The summed E-state index contributed by atoms with van der Waals surface area (Å²) in [6, 6.07) is 3.61. The van der Waals surface area contributed by atoms with Crippen molar-refractivity contribution in [3.05, 3.63) is 29.9 Å². The third kappa shape index (κ3) is 2.09. The third-order valence-electron chi connectivity index (χ3n) is 2.36. The molecule has 0 saturated heterocycles. The standard InChI is InChI=1S/C11H14N4O/c1-3-9(12)11-15-14-10(16-11)8-5-4-7(2)13-6-8/h4-6,9H,3,12H2,1-2H3. The Bertz CT molecular complexity index is 463. The zero-order valence-electron chi connectivity index (χ0n) is 9.34. The summed E-state index contributed by atoms with van der Waals surface area (Å²) in [4.78, 5) is 4.17. The maximum absolute atomic E-state index is 5.80. The number of hydrogen-bond donors (Lipinski definition) is 1. The minimum atomic E-state index is -0.195. The molecule has 1 atom stereocenters. The first-order valence-electron chi connectivity index (χ1n) is 5.22. The first kappa shape index (κ1) is 10.8. The fraction of sp³-hybridized carbons (Fsp3) is 0.364. The van der Waals surface area contributed by atoms with Crippen molar-refractivity contribution in [2.45, 2.75) is 26.3 Å². The second kappa shape index (κ2) is 4.40. The van der Waals surface area contributed by atoms with E-state index in [0.29, 0.717) is 11.8 Å². The molecule has 2 rings (SSSR count). The molecular formula is C11H14N4O. The number of rotatable bonds is 3. The Labute approximate surface area is 93.7 Å². The summed E-state index contributed by atoms with van der Waals surface area (Å²) in [6.07, 6.45) is 2.48. The molecule has 0 fully saturated rings. The zero-order valence-corrected chi connectivity index (χ0v) is 9.34.